The molecule has 7 heteroatoms. The van der Waals surface area contributed by atoms with Gasteiger partial charge in [-0.2, -0.15) is 0 Å². The lowest BCUT2D eigenvalue weighted by Gasteiger charge is -2.09. The SMILES string of the molecule is Cc1cccc(COc2cccc(C(=O)OCC(=O)NC(=O)c3ccco3)c2)c1. The fraction of sp³-hybridized carbons (Fsp3) is 0.136. The molecular weight excluding hydrogens is 374 g/mol. The molecule has 0 atom stereocenters. The summed E-state index contributed by atoms with van der Waals surface area (Å²) in [5.74, 6) is -1.68. The third-order valence-corrected chi connectivity index (χ3v) is 3.89. The fourth-order valence-electron chi connectivity index (χ4n) is 2.53. The van der Waals surface area contributed by atoms with Crippen molar-refractivity contribution in [3.05, 3.63) is 89.4 Å². The number of nitrogens with one attached hydrogen (secondary N) is 1. The number of hydrogen-bond donors (Lipinski definition) is 1. The standard InChI is InChI=1S/C22H19NO6/c1-15-5-2-6-16(11-15)13-28-18-8-3-7-17(12-18)22(26)29-14-20(24)23-21(25)19-9-4-10-27-19/h2-12H,13-14H2,1H3,(H,23,24,25). The molecule has 148 valence electrons. The van der Waals surface area contributed by atoms with Crippen LogP contribution < -0.4 is 10.1 Å². The van der Waals surface area contributed by atoms with Crippen LogP contribution in [0.5, 0.6) is 5.75 Å². The first-order chi connectivity index (χ1) is 14.0. The number of amides is 2. The van der Waals surface area contributed by atoms with E-state index in [1.165, 1.54) is 24.5 Å². The molecule has 7 nitrogen and oxygen atoms in total. The van der Waals surface area contributed by atoms with E-state index >= 15 is 0 Å². The molecule has 0 saturated carbocycles. The van der Waals surface area contributed by atoms with Crippen LogP contribution in [0.4, 0.5) is 0 Å². The maximum atomic E-state index is 12.2. The molecule has 2 aromatic carbocycles. The maximum Gasteiger partial charge on any atom is 0.338 e. The zero-order valence-electron chi connectivity index (χ0n) is 15.7. The van der Waals surface area contributed by atoms with Crippen LogP contribution in [0.1, 0.15) is 32.0 Å². The van der Waals surface area contributed by atoms with Crippen molar-refractivity contribution in [2.24, 2.45) is 0 Å². The van der Waals surface area contributed by atoms with E-state index in [0.29, 0.717) is 12.4 Å². The van der Waals surface area contributed by atoms with Gasteiger partial charge in [0.25, 0.3) is 11.8 Å². The van der Waals surface area contributed by atoms with Crippen molar-refractivity contribution in [1.82, 2.24) is 5.32 Å². The van der Waals surface area contributed by atoms with Gasteiger partial charge in [-0.25, -0.2) is 4.79 Å². The highest BCUT2D eigenvalue weighted by Crippen LogP contribution is 2.16. The van der Waals surface area contributed by atoms with Gasteiger partial charge in [-0.3, -0.25) is 14.9 Å². The van der Waals surface area contributed by atoms with Crippen LogP contribution in [0.25, 0.3) is 0 Å². The molecule has 0 aliphatic heterocycles. The van der Waals surface area contributed by atoms with E-state index in [1.54, 1.807) is 18.2 Å². The largest absolute Gasteiger partial charge is 0.489 e. The van der Waals surface area contributed by atoms with E-state index in [9.17, 15) is 14.4 Å². The molecule has 0 radical (unpaired) electrons. The molecule has 0 aliphatic carbocycles. The minimum absolute atomic E-state index is 0.0110. The molecule has 0 fully saturated rings. The maximum absolute atomic E-state index is 12.2. The van der Waals surface area contributed by atoms with Crippen molar-refractivity contribution in [3.63, 3.8) is 0 Å². The molecule has 3 rings (SSSR count). The van der Waals surface area contributed by atoms with Gasteiger partial charge in [0.1, 0.15) is 12.4 Å². The third-order valence-electron chi connectivity index (χ3n) is 3.89. The van der Waals surface area contributed by atoms with Crippen molar-refractivity contribution in [2.75, 3.05) is 6.61 Å². The quantitative estimate of drug-likeness (QED) is 0.619. The third kappa shape index (κ3) is 5.80. The monoisotopic (exact) mass is 393 g/mol. The van der Waals surface area contributed by atoms with Crippen LogP contribution in [0.3, 0.4) is 0 Å². The van der Waals surface area contributed by atoms with Crippen molar-refractivity contribution in [3.8, 4) is 5.75 Å². The highest BCUT2D eigenvalue weighted by molar-refractivity contribution is 6.04. The first kappa shape index (κ1) is 19.9. The van der Waals surface area contributed by atoms with Crippen LogP contribution in [0.2, 0.25) is 0 Å². The summed E-state index contributed by atoms with van der Waals surface area (Å²) in [5.41, 5.74) is 2.38. The summed E-state index contributed by atoms with van der Waals surface area (Å²) in [4.78, 5) is 35.6. The predicted molar refractivity (Wildman–Crippen MR) is 103 cm³/mol. The molecule has 0 aliphatic rings. The summed E-state index contributed by atoms with van der Waals surface area (Å²) in [6, 6.07) is 17.3. The second-order valence-corrected chi connectivity index (χ2v) is 6.24. The number of rotatable bonds is 7. The van der Waals surface area contributed by atoms with E-state index in [1.807, 2.05) is 31.2 Å². The molecule has 29 heavy (non-hydrogen) atoms. The molecule has 3 aromatic rings. The molecule has 0 bridgehead atoms. The van der Waals surface area contributed by atoms with Gasteiger partial charge >= 0.3 is 5.97 Å². The zero-order valence-corrected chi connectivity index (χ0v) is 15.7. The zero-order chi connectivity index (χ0) is 20.6. The van der Waals surface area contributed by atoms with E-state index in [4.69, 9.17) is 13.9 Å². The first-order valence-corrected chi connectivity index (χ1v) is 8.84. The fourth-order valence-corrected chi connectivity index (χ4v) is 2.53. The summed E-state index contributed by atoms with van der Waals surface area (Å²) >= 11 is 0. The molecular formula is C22H19NO6. The van der Waals surface area contributed by atoms with Crippen LogP contribution in [-0.4, -0.2) is 24.4 Å². The lowest BCUT2D eigenvalue weighted by atomic mass is 10.1. The lowest BCUT2D eigenvalue weighted by molar-refractivity contribution is -0.123. The first-order valence-electron chi connectivity index (χ1n) is 8.84. The summed E-state index contributed by atoms with van der Waals surface area (Å²) in [6.45, 7) is 1.76. The second kappa shape index (κ2) is 9.36. The van der Waals surface area contributed by atoms with Crippen molar-refractivity contribution >= 4 is 17.8 Å². The molecule has 1 aromatic heterocycles. The van der Waals surface area contributed by atoms with E-state index in [-0.39, 0.29) is 11.3 Å². The number of benzene rings is 2. The molecule has 1 heterocycles. The van der Waals surface area contributed by atoms with Gasteiger partial charge in [0.05, 0.1) is 11.8 Å². The Balaban J connectivity index is 1.51. The number of aryl methyl sites for hydroxylation is 1. The Labute approximate surface area is 167 Å². The highest BCUT2D eigenvalue weighted by Gasteiger charge is 2.15. The van der Waals surface area contributed by atoms with E-state index < -0.39 is 24.4 Å². The number of ether oxygens (including phenoxy) is 2. The summed E-state index contributed by atoms with van der Waals surface area (Å²) in [7, 11) is 0. The number of furan rings is 1. The van der Waals surface area contributed by atoms with Gasteiger partial charge in [0, 0.05) is 0 Å². The normalized spacial score (nSPS) is 10.2. The minimum Gasteiger partial charge on any atom is -0.489 e. The van der Waals surface area contributed by atoms with E-state index in [2.05, 4.69) is 5.32 Å². The van der Waals surface area contributed by atoms with Gasteiger partial charge in [0.2, 0.25) is 0 Å². The highest BCUT2D eigenvalue weighted by atomic mass is 16.5. The molecule has 0 unspecified atom stereocenters. The Morgan fingerprint density at radius 1 is 1.00 bits per heavy atom. The molecule has 1 N–H and O–H groups in total. The average molecular weight is 393 g/mol. The summed E-state index contributed by atoms with van der Waals surface area (Å²) < 4.78 is 15.5. The molecule has 0 spiro atoms. The Hall–Kier alpha value is -3.87. The summed E-state index contributed by atoms with van der Waals surface area (Å²) in [6.07, 6.45) is 1.31. The van der Waals surface area contributed by atoms with Gasteiger partial charge < -0.3 is 13.9 Å². The van der Waals surface area contributed by atoms with Crippen molar-refractivity contribution in [1.29, 1.82) is 0 Å². The lowest BCUT2D eigenvalue weighted by Crippen LogP contribution is -2.33. The van der Waals surface area contributed by atoms with Crippen LogP contribution in [-0.2, 0) is 16.1 Å². The number of hydrogen-bond acceptors (Lipinski definition) is 6. The Kier molecular flexibility index (Phi) is 6.42. The van der Waals surface area contributed by atoms with Gasteiger partial charge in [0.15, 0.2) is 12.4 Å². The van der Waals surface area contributed by atoms with Gasteiger partial charge in [-0.05, 0) is 42.8 Å². The van der Waals surface area contributed by atoms with Gasteiger partial charge in [-0.1, -0.05) is 35.9 Å². The average Bonchev–Trinajstić information content (AvgIpc) is 3.26. The van der Waals surface area contributed by atoms with E-state index in [0.717, 1.165) is 11.1 Å². The Morgan fingerprint density at radius 2 is 1.83 bits per heavy atom. The smallest absolute Gasteiger partial charge is 0.338 e. The topological polar surface area (TPSA) is 94.8 Å². The summed E-state index contributed by atoms with van der Waals surface area (Å²) in [5, 5.41) is 2.07. The number of carbonyl (C=O) groups is 3. The second-order valence-electron chi connectivity index (χ2n) is 6.24. The van der Waals surface area contributed by atoms with Crippen LogP contribution >= 0.6 is 0 Å². The molecule has 0 saturated heterocycles. The Morgan fingerprint density at radius 3 is 2.59 bits per heavy atom. The molecule has 2 amide bonds. The predicted octanol–water partition coefficient (Wildman–Crippen LogP) is 3.28. The number of imide groups is 1. The van der Waals surface area contributed by atoms with Crippen LogP contribution in [0, 0.1) is 6.92 Å². The van der Waals surface area contributed by atoms with Crippen LogP contribution in [0.15, 0.2) is 71.3 Å². The van der Waals surface area contributed by atoms with Crippen molar-refractivity contribution < 1.29 is 28.3 Å². The number of esters is 1. The van der Waals surface area contributed by atoms with Crippen molar-refractivity contribution in [2.45, 2.75) is 13.5 Å². The Bertz CT molecular complexity index is 1010. The van der Waals surface area contributed by atoms with Gasteiger partial charge in [-0.15, -0.1) is 0 Å². The number of carbonyl (C=O) groups excluding carboxylic acids is 3. The minimum atomic E-state index is -0.758.